The molecule has 1 amide bonds. The Labute approximate surface area is 119 Å². The lowest BCUT2D eigenvalue weighted by molar-refractivity contribution is -0.122. The topological polar surface area (TPSA) is 72.2 Å². The maximum Gasteiger partial charge on any atom is 0.220 e. The van der Waals surface area contributed by atoms with E-state index in [4.69, 9.17) is 5.73 Å². The lowest BCUT2D eigenvalue weighted by Crippen LogP contribution is -2.39. The number of hydrogen-bond donors (Lipinski definition) is 2. The predicted octanol–water partition coefficient (Wildman–Crippen LogP) is 1.41. The molecule has 3 N–H and O–H groups in total. The summed E-state index contributed by atoms with van der Waals surface area (Å²) in [5.74, 6) is 2.71. The van der Waals surface area contributed by atoms with Crippen molar-refractivity contribution in [2.45, 2.75) is 52.0 Å². The molecule has 5 heteroatoms. The van der Waals surface area contributed by atoms with E-state index in [1.807, 2.05) is 0 Å². The zero-order valence-corrected chi connectivity index (χ0v) is 13.0. The van der Waals surface area contributed by atoms with Crippen molar-refractivity contribution in [3.63, 3.8) is 0 Å². The SMILES string of the molecule is CC(C)C(CCN)CCC(=O)NC1CCS(=O)CC1. The largest absolute Gasteiger partial charge is 0.353 e. The molecule has 0 bridgehead atoms. The first-order valence-electron chi connectivity index (χ1n) is 7.37. The quantitative estimate of drug-likeness (QED) is 0.744. The van der Waals surface area contributed by atoms with Crippen LogP contribution in [0.25, 0.3) is 0 Å². The molecular formula is C14H28N2O2S. The highest BCUT2D eigenvalue weighted by Gasteiger charge is 2.20. The average molecular weight is 288 g/mol. The fourth-order valence-corrected chi connectivity index (χ4v) is 3.88. The molecule has 1 rings (SSSR count). The van der Waals surface area contributed by atoms with E-state index in [1.165, 1.54) is 0 Å². The van der Waals surface area contributed by atoms with Crippen LogP contribution in [0, 0.1) is 11.8 Å². The summed E-state index contributed by atoms with van der Waals surface area (Å²) in [6.07, 6.45) is 4.21. The fraction of sp³-hybridized carbons (Fsp3) is 0.929. The lowest BCUT2D eigenvalue weighted by Gasteiger charge is -2.24. The number of carbonyl (C=O) groups excluding carboxylic acids is 1. The van der Waals surface area contributed by atoms with Crippen molar-refractivity contribution in [2.24, 2.45) is 17.6 Å². The van der Waals surface area contributed by atoms with E-state index in [-0.39, 0.29) is 11.9 Å². The normalized spacial score (nSPS) is 25.3. The maximum absolute atomic E-state index is 11.9. The number of rotatable bonds is 7. The van der Waals surface area contributed by atoms with Crippen molar-refractivity contribution in [3.8, 4) is 0 Å². The summed E-state index contributed by atoms with van der Waals surface area (Å²) < 4.78 is 11.2. The van der Waals surface area contributed by atoms with E-state index < -0.39 is 10.8 Å². The zero-order chi connectivity index (χ0) is 14.3. The molecule has 1 unspecified atom stereocenters. The second-order valence-corrected chi connectivity index (χ2v) is 7.51. The summed E-state index contributed by atoms with van der Waals surface area (Å²) in [7, 11) is -0.661. The molecule has 1 aliphatic heterocycles. The highest BCUT2D eigenvalue weighted by atomic mass is 32.2. The van der Waals surface area contributed by atoms with Crippen LogP contribution in [0.2, 0.25) is 0 Å². The Morgan fingerprint density at radius 1 is 1.32 bits per heavy atom. The number of amides is 1. The molecule has 0 aromatic carbocycles. The molecule has 0 aromatic heterocycles. The number of carbonyl (C=O) groups is 1. The Morgan fingerprint density at radius 2 is 1.95 bits per heavy atom. The minimum atomic E-state index is -0.661. The third kappa shape index (κ3) is 6.52. The molecule has 19 heavy (non-hydrogen) atoms. The Kier molecular flexibility index (Phi) is 7.61. The third-order valence-electron chi connectivity index (χ3n) is 3.98. The average Bonchev–Trinajstić information content (AvgIpc) is 2.37. The molecule has 1 aliphatic rings. The molecule has 0 aliphatic carbocycles. The third-order valence-corrected chi connectivity index (χ3v) is 5.36. The van der Waals surface area contributed by atoms with Crippen molar-refractivity contribution in [3.05, 3.63) is 0 Å². The minimum Gasteiger partial charge on any atom is -0.353 e. The first kappa shape index (κ1) is 16.6. The van der Waals surface area contributed by atoms with Gasteiger partial charge < -0.3 is 11.1 Å². The van der Waals surface area contributed by atoms with E-state index in [2.05, 4.69) is 19.2 Å². The van der Waals surface area contributed by atoms with Crippen LogP contribution in [0.5, 0.6) is 0 Å². The fourth-order valence-electron chi connectivity index (χ4n) is 2.58. The van der Waals surface area contributed by atoms with Crippen LogP contribution in [0.3, 0.4) is 0 Å². The number of nitrogens with one attached hydrogen (secondary N) is 1. The van der Waals surface area contributed by atoms with Gasteiger partial charge in [0, 0.05) is 34.8 Å². The van der Waals surface area contributed by atoms with Crippen molar-refractivity contribution in [1.82, 2.24) is 5.32 Å². The summed E-state index contributed by atoms with van der Waals surface area (Å²) in [4.78, 5) is 11.9. The van der Waals surface area contributed by atoms with Gasteiger partial charge in [-0.15, -0.1) is 0 Å². The van der Waals surface area contributed by atoms with Gasteiger partial charge in [0.05, 0.1) is 0 Å². The zero-order valence-electron chi connectivity index (χ0n) is 12.2. The summed E-state index contributed by atoms with van der Waals surface area (Å²) >= 11 is 0. The molecule has 4 nitrogen and oxygen atoms in total. The van der Waals surface area contributed by atoms with E-state index in [1.54, 1.807) is 0 Å². The molecule has 0 spiro atoms. The van der Waals surface area contributed by atoms with Crippen molar-refractivity contribution in [1.29, 1.82) is 0 Å². The van der Waals surface area contributed by atoms with E-state index in [0.717, 1.165) is 37.2 Å². The second kappa shape index (κ2) is 8.69. The summed E-state index contributed by atoms with van der Waals surface area (Å²) in [5.41, 5.74) is 5.61. The summed E-state index contributed by atoms with van der Waals surface area (Å²) in [5, 5.41) is 3.07. The lowest BCUT2D eigenvalue weighted by atomic mass is 9.88. The second-order valence-electron chi connectivity index (χ2n) is 5.81. The standard InChI is InChI=1S/C14H28N2O2S/c1-11(2)12(5-8-15)3-4-14(17)16-13-6-9-19(18)10-7-13/h11-13H,3-10,15H2,1-2H3,(H,16,17). The van der Waals surface area contributed by atoms with Crippen LogP contribution in [0.15, 0.2) is 0 Å². The molecule has 112 valence electrons. The monoisotopic (exact) mass is 288 g/mol. The van der Waals surface area contributed by atoms with E-state index >= 15 is 0 Å². The van der Waals surface area contributed by atoms with Gasteiger partial charge in [0.1, 0.15) is 0 Å². The molecule has 0 saturated carbocycles. The van der Waals surface area contributed by atoms with Crippen molar-refractivity contribution < 1.29 is 9.00 Å². The van der Waals surface area contributed by atoms with Crippen LogP contribution in [-0.2, 0) is 15.6 Å². The summed E-state index contributed by atoms with van der Waals surface area (Å²) in [6.45, 7) is 5.07. The molecule has 1 fully saturated rings. The van der Waals surface area contributed by atoms with Gasteiger partial charge in [-0.25, -0.2) is 0 Å². The van der Waals surface area contributed by atoms with Gasteiger partial charge in [0.15, 0.2) is 0 Å². The minimum absolute atomic E-state index is 0.139. The maximum atomic E-state index is 11.9. The smallest absolute Gasteiger partial charge is 0.220 e. The van der Waals surface area contributed by atoms with Crippen LogP contribution >= 0.6 is 0 Å². The van der Waals surface area contributed by atoms with Crippen molar-refractivity contribution in [2.75, 3.05) is 18.1 Å². The van der Waals surface area contributed by atoms with Gasteiger partial charge in [0.2, 0.25) is 5.91 Å². The van der Waals surface area contributed by atoms with Gasteiger partial charge >= 0.3 is 0 Å². The van der Waals surface area contributed by atoms with Crippen molar-refractivity contribution >= 4 is 16.7 Å². The van der Waals surface area contributed by atoms with E-state index in [0.29, 0.717) is 24.8 Å². The number of hydrogen-bond acceptors (Lipinski definition) is 3. The van der Waals surface area contributed by atoms with Crippen LogP contribution in [0.1, 0.15) is 46.0 Å². The van der Waals surface area contributed by atoms with Crippen LogP contribution < -0.4 is 11.1 Å². The first-order valence-corrected chi connectivity index (χ1v) is 8.86. The highest BCUT2D eigenvalue weighted by molar-refractivity contribution is 7.85. The van der Waals surface area contributed by atoms with Gasteiger partial charge in [-0.3, -0.25) is 9.00 Å². The molecule has 0 radical (unpaired) electrons. The van der Waals surface area contributed by atoms with Gasteiger partial charge in [-0.2, -0.15) is 0 Å². The Bertz CT molecular complexity index is 298. The molecule has 0 aromatic rings. The first-order chi connectivity index (χ1) is 9.02. The van der Waals surface area contributed by atoms with Gasteiger partial charge in [-0.05, 0) is 44.1 Å². The van der Waals surface area contributed by atoms with Crippen LogP contribution in [-0.4, -0.2) is 34.2 Å². The van der Waals surface area contributed by atoms with Crippen LogP contribution in [0.4, 0.5) is 0 Å². The molecule has 1 heterocycles. The molecule has 1 atom stereocenters. The molecule has 1 saturated heterocycles. The Balaban J connectivity index is 2.24. The molecular weight excluding hydrogens is 260 g/mol. The van der Waals surface area contributed by atoms with Gasteiger partial charge in [-0.1, -0.05) is 13.8 Å². The number of nitrogens with two attached hydrogens (primary N) is 1. The predicted molar refractivity (Wildman–Crippen MR) is 80.3 cm³/mol. The highest BCUT2D eigenvalue weighted by Crippen LogP contribution is 2.20. The summed E-state index contributed by atoms with van der Waals surface area (Å²) in [6, 6.07) is 0.234. The Hall–Kier alpha value is -0.420. The Morgan fingerprint density at radius 3 is 2.47 bits per heavy atom. The van der Waals surface area contributed by atoms with Gasteiger partial charge in [0.25, 0.3) is 0 Å². The van der Waals surface area contributed by atoms with E-state index in [9.17, 15) is 9.00 Å².